The first-order chi connectivity index (χ1) is 11.7. The Morgan fingerprint density at radius 2 is 2.12 bits per heavy atom. The lowest BCUT2D eigenvalue weighted by molar-refractivity contribution is 0.395. The van der Waals surface area contributed by atoms with Crippen molar-refractivity contribution >= 4 is 5.95 Å². The van der Waals surface area contributed by atoms with Crippen molar-refractivity contribution < 1.29 is 4.74 Å². The molecule has 2 fully saturated rings. The molecule has 0 spiro atoms. The maximum Gasteiger partial charge on any atom is 0.266 e. The van der Waals surface area contributed by atoms with Crippen LogP contribution in [0.3, 0.4) is 0 Å². The van der Waals surface area contributed by atoms with Crippen LogP contribution in [0.1, 0.15) is 37.3 Å². The van der Waals surface area contributed by atoms with Crippen LogP contribution in [0.4, 0.5) is 5.95 Å². The van der Waals surface area contributed by atoms with Gasteiger partial charge in [0.2, 0.25) is 11.8 Å². The molecule has 0 aromatic carbocycles. The number of ether oxygens (including phenoxy) is 1. The third kappa shape index (κ3) is 2.98. The molecule has 1 saturated carbocycles. The second-order valence-corrected chi connectivity index (χ2v) is 6.44. The molecule has 126 valence electrons. The summed E-state index contributed by atoms with van der Waals surface area (Å²) >= 11 is 0. The summed E-state index contributed by atoms with van der Waals surface area (Å²) in [4.78, 5) is 23.1. The quantitative estimate of drug-likeness (QED) is 0.830. The monoisotopic (exact) mass is 327 g/mol. The van der Waals surface area contributed by atoms with Crippen molar-refractivity contribution in [2.45, 2.75) is 44.2 Å². The largest absolute Gasteiger partial charge is 0.481 e. The van der Waals surface area contributed by atoms with Crippen LogP contribution in [0.2, 0.25) is 0 Å². The van der Waals surface area contributed by atoms with E-state index in [-0.39, 0.29) is 11.6 Å². The highest BCUT2D eigenvalue weighted by atomic mass is 16.5. The molecule has 1 aliphatic heterocycles. The number of nitrogens with zero attached hydrogens (tertiary/aromatic N) is 5. The summed E-state index contributed by atoms with van der Waals surface area (Å²) in [7, 11) is 1.60. The minimum absolute atomic E-state index is 0.0437. The van der Waals surface area contributed by atoms with Gasteiger partial charge in [0.1, 0.15) is 0 Å². The summed E-state index contributed by atoms with van der Waals surface area (Å²) in [5.74, 6) is 1.75. The predicted molar refractivity (Wildman–Crippen MR) is 89.4 cm³/mol. The Morgan fingerprint density at radius 3 is 2.92 bits per heavy atom. The fourth-order valence-corrected chi connectivity index (χ4v) is 3.27. The molecule has 24 heavy (non-hydrogen) atoms. The Bertz CT molecular complexity index is 787. The number of rotatable bonds is 5. The average molecular weight is 327 g/mol. The highest BCUT2D eigenvalue weighted by Gasteiger charge is 2.29. The molecule has 0 amide bonds. The standard InChI is InChI=1S/C17H21N5O2/c1-24-15-8-9-18-17(19-15)21-10-2-3-13(21)11-22-16(23)7-6-14(20-22)12-4-5-12/h6-9,12-13H,2-5,10-11H2,1H3. The van der Waals surface area contributed by atoms with Crippen LogP contribution in [-0.4, -0.2) is 39.4 Å². The van der Waals surface area contributed by atoms with Crippen LogP contribution in [-0.2, 0) is 6.54 Å². The Labute approximate surface area is 140 Å². The third-order valence-electron chi connectivity index (χ3n) is 4.73. The van der Waals surface area contributed by atoms with Crippen LogP contribution < -0.4 is 15.2 Å². The van der Waals surface area contributed by atoms with Gasteiger partial charge >= 0.3 is 0 Å². The first kappa shape index (κ1) is 15.1. The van der Waals surface area contributed by atoms with Gasteiger partial charge in [-0.25, -0.2) is 9.67 Å². The maximum absolute atomic E-state index is 12.2. The maximum atomic E-state index is 12.2. The molecule has 7 nitrogen and oxygen atoms in total. The van der Waals surface area contributed by atoms with Crippen LogP contribution in [0.15, 0.2) is 29.2 Å². The molecule has 0 radical (unpaired) electrons. The number of aromatic nitrogens is 4. The van der Waals surface area contributed by atoms with Crippen molar-refractivity contribution in [2.24, 2.45) is 0 Å². The number of hydrogen-bond acceptors (Lipinski definition) is 6. The summed E-state index contributed by atoms with van der Waals surface area (Å²) in [6.45, 7) is 1.45. The Hall–Kier alpha value is -2.44. The SMILES string of the molecule is COc1ccnc(N2CCCC2Cn2nc(C3CC3)ccc2=O)n1. The van der Waals surface area contributed by atoms with Gasteiger partial charge in [0.15, 0.2) is 0 Å². The minimum atomic E-state index is -0.0437. The molecule has 7 heteroatoms. The van der Waals surface area contributed by atoms with Gasteiger partial charge in [0, 0.05) is 30.8 Å². The summed E-state index contributed by atoms with van der Waals surface area (Å²) in [6, 6.07) is 5.42. The lowest BCUT2D eigenvalue weighted by Crippen LogP contribution is -2.38. The number of hydrogen-bond donors (Lipinski definition) is 0. The van der Waals surface area contributed by atoms with E-state index in [2.05, 4.69) is 20.0 Å². The fraction of sp³-hybridized carbons (Fsp3) is 0.529. The van der Waals surface area contributed by atoms with E-state index in [0.717, 1.165) is 25.1 Å². The highest BCUT2D eigenvalue weighted by Crippen LogP contribution is 2.38. The molecule has 3 heterocycles. The normalized spacial score (nSPS) is 20.4. The van der Waals surface area contributed by atoms with E-state index in [9.17, 15) is 4.79 Å². The second kappa shape index (κ2) is 6.22. The Balaban J connectivity index is 1.57. The highest BCUT2D eigenvalue weighted by molar-refractivity contribution is 5.35. The average Bonchev–Trinajstić information content (AvgIpc) is 3.36. The van der Waals surface area contributed by atoms with E-state index < -0.39 is 0 Å². The number of methoxy groups -OCH3 is 1. The molecule has 1 aliphatic carbocycles. The minimum Gasteiger partial charge on any atom is -0.481 e. The molecule has 1 atom stereocenters. The van der Waals surface area contributed by atoms with Crippen molar-refractivity contribution in [2.75, 3.05) is 18.6 Å². The van der Waals surface area contributed by atoms with Crippen molar-refractivity contribution in [3.05, 3.63) is 40.4 Å². The summed E-state index contributed by atoms with van der Waals surface area (Å²) in [5.41, 5.74) is 0.995. The van der Waals surface area contributed by atoms with E-state index in [1.165, 1.54) is 12.8 Å². The van der Waals surface area contributed by atoms with Gasteiger partial charge in [-0.1, -0.05) is 0 Å². The van der Waals surface area contributed by atoms with Crippen LogP contribution in [0.25, 0.3) is 0 Å². The van der Waals surface area contributed by atoms with Crippen LogP contribution in [0.5, 0.6) is 5.88 Å². The molecular formula is C17H21N5O2. The third-order valence-corrected chi connectivity index (χ3v) is 4.73. The molecule has 4 rings (SSSR count). The predicted octanol–water partition coefficient (Wildman–Crippen LogP) is 1.59. The smallest absolute Gasteiger partial charge is 0.266 e. The van der Waals surface area contributed by atoms with Crippen molar-refractivity contribution in [3.8, 4) is 5.88 Å². The fourth-order valence-electron chi connectivity index (χ4n) is 3.27. The van der Waals surface area contributed by atoms with Crippen molar-refractivity contribution in [3.63, 3.8) is 0 Å². The van der Waals surface area contributed by atoms with Crippen LogP contribution >= 0.6 is 0 Å². The lowest BCUT2D eigenvalue weighted by atomic mass is 10.2. The molecule has 1 unspecified atom stereocenters. The number of anilines is 1. The zero-order valence-corrected chi connectivity index (χ0v) is 13.8. The zero-order chi connectivity index (χ0) is 16.5. The molecule has 0 N–H and O–H groups in total. The van der Waals surface area contributed by atoms with Gasteiger partial charge < -0.3 is 9.64 Å². The second-order valence-electron chi connectivity index (χ2n) is 6.44. The molecule has 2 aliphatic rings. The molecule has 1 saturated heterocycles. The summed E-state index contributed by atoms with van der Waals surface area (Å²) < 4.78 is 6.80. The topological polar surface area (TPSA) is 73.1 Å². The first-order valence-corrected chi connectivity index (χ1v) is 8.46. The van der Waals surface area contributed by atoms with Crippen molar-refractivity contribution in [1.29, 1.82) is 0 Å². The zero-order valence-electron chi connectivity index (χ0n) is 13.8. The van der Waals surface area contributed by atoms with E-state index in [1.54, 1.807) is 30.1 Å². The summed E-state index contributed by atoms with van der Waals surface area (Å²) in [5, 5.41) is 4.57. The molecular weight excluding hydrogens is 306 g/mol. The van der Waals surface area contributed by atoms with E-state index in [1.807, 2.05) is 6.07 Å². The Kier molecular flexibility index (Phi) is 3.92. The van der Waals surface area contributed by atoms with Gasteiger partial charge in [-0.3, -0.25) is 4.79 Å². The summed E-state index contributed by atoms with van der Waals surface area (Å²) in [6.07, 6.45) is 6.12. The first-order valence-electron chi connectivity index (χ1n) is 8.46. The lowest BCUT2D eigenvalue weighted by Gasteiger charge is -2.25. The van der Waals surface area contributed by atoms with E-state index >= 15 is 0 Å². The van der Waals surface area contributed by atoms with Crippen LogP contribution in [0, 0.1) is 0 Å². The van der Waals surface area contributed by atoms with Gasteiger partial charge in [-0.15, -0.1) is 0 Å². The van der Waals surface area contributed by atoms with Gasteiger partial charge in [0.25, 0.3) is 5.56 Å². The van der Waals surface area contributed by atoms with Gasteiger partial charge in [-0.05, 0) is 31.7 Å². The van der Waals surface area contributed by atoms with E-state index in [0.29, 0.717) is 24.3 Å². The van der Waals surface area contributed by atoms with Crippen molar-refractivity contribution in [1.82, 2.24) is 19.7 Å². The molecule has 0 bridgehead atoms. The van der Waals surface area contributed by atoms with Gasteiger partial charge in [0.05, 0.1) is 25.4 Å². The van der Waals surface area contributed by atoms with E-state index in [4.69, 9.17) is 4.74 Å². The molecule has 2 aromatic rings. The molecule has 2 aromatic heterocycles. The Morgan fingerprint density at radius 1 is 1.25 bits per heavy atom. The van der Waals surface area contributed by atoms with Gasteiger partial charge in [-0.2, -0.15) is 10.1 Å².